The Morgan fingerprint density at radius 3 is 2.83 bits per heavy atom. The summed E-state index contributed by atoms with van der Waals surface area (Å²) >= 11 is 5.25. The summed E-state index contributed by atoms with van der Waals surface area (Å²) in [6.07, 6.45) is -0.217. The SMILES string of the molecule is CC(C)COC(=O)CC1C(=O)NCCN1C(=S)NC(=O)c1cccc([N+](=O)[O-])c1. The predicted molar refractivity (Wildman–Crippen MR) is 107 cm³/mol. The molecular formula is C18H22N4O6S. The molecule has 2 amide bonds. The van der Waals surface area contributed by atoms with Crippen LogP contribution in [0.1, 0.15) is 30.6 Å². The number of carbonyl (C=O) groups excluding carboxylic acids is 3. The number of non-ortho nitro benzene ring substituents is 1. The number of benzene rings is 1. The van der Waals surface area contributed by atoms with Crippen molar-refractivity contribution >= 4 is 40.8 Å². The zero-order valence-electron chi connectivity index (χ0n) is 16.0. The number of nitro benzene ring substituents is 1. The van der Waals surface area contributed by atoms with E-state index in [1.54, 1.807) is 0 Å². The molecule has 1 unspecified atom stereocenters. The maximum Gasteiger partial charge on any atom is 0.308 e. The third-order valence-electron chi connectivity index (χ3n) is 4.07. The molecule has 1 heterocycles. The number of hydrogen-bond acceptors (Lipinski definition) is 7. The Bertz CT molecular complexity index is 828. The number of rotatable bonds is 6. The molecule has 0 bridgehead atoms. The van der Waals surface area contributed by atoms with E-state index in [1.165, 1.54) is 23.1 Å². The molecule has 0 aromatic heterocycles. The van der Waals surface area contributed by atoms with Crippen LogP contribution in [-0.2, 0) is 14.3 Å². The van der Waals surface area contributed by atoms with E-state index in [2.05, 4.69) is 10.6 Å². The first-order chi connectivity index (χ1) is 13.7. The fourth-order valence-corrected chi connectivity index (χ4v) is 2.95. The van der Waals surface area contributed by atoms with Gasteiger partial charge in [-0.2, -0.15) is 0 Å². The zero-order valence-corrected chi connectivity index (χ0v) is 16.9. The van der Waals surface area contributed by atoms with Crippen LogP contribution in [0.2, 0.25) is 0 Å². The molecule has 2 N–H and O–H groups in total. The van der Waals surface area contributed by atoms with Gasteiger partial charge in [-0.3, -0.25) is 29.8 Å². The first-order valence-corrected chi connectivity index (χ1v) is 9.39. The van der Waals surface area contributed by atoms with Crippen LogP contribution >= 0.6 is 12.2 Å². The average Bonchev–Trinajstić information content (AvgIpc) is 2.67. The molecule has 2 rings (SSSR count). The van der Waals surface area contributed by atoms with Gasteiger partial charge in [-0.05, 0) is 24.2 Å². The van der Waals surface area contributed by atoms with Crippen molar-refractivity contribution < 1.29 is 24.0 Å². The van der Waals surface area contributed by atoms with Gasteiger partial charge in [0, 0.05) is 30.8 Å². The highest BCUT2D eigenvalue weighted by molar-refractivity contribution is 7.80. The Morgan fingerprint density at radius 2 is 2.17 bits per heavy atom. The lowest BCUT2D eigenvalue weighted by atomic mass is 10.1. The van der Waals surface area contributed by atoms with Crippen LogP contribution in [0.15, 0.2) is 24.3 Å². The Balaban J connectivity index is 2.07. The molecule has 10 nitrogen and oxygen atoms in total. The molecule has 0 spiro atoms. The monoisotopic (exact) mass is 422 g/mol. The summed E-state index contributed by atoms with van der Waals surface area (Å²) in [5, 5.41) is 16.0. The third kappa shape index (κ3) is 6.21. The van der Waals surface area contributed by atoms with E-state index in [4.69, 9.17) is 17.0 Å². The molecular weight excluding hydrogens is 400 g/mol. The number of ether oxygens (including phenoxy) is 1. The average molecular weight is 422 g/mol. The van der Waals surface area contributed by atoms with Gasteiger partial charge >= 0.3 is 5.97 Å². The van der Waals surface area contributed by atoms with Gasteiger partial charge in [-0.15, -0.1) is 0 Å². The minimum Gasteiger partial charge on any atom is -0.465 e. The first-order valence-electron chi connectivity index (χ1n) is 8.98. The molecule has 156 valence electrons. The number of amides is 2. The molecule has 0 aliphatic carbocycles. The molecule has 0 radical (unpaired) electrons. The van der Waals surface area contributed by atoms with Crippen LogP contribution in [0.4, 0.5) is 5.69 Å². The van der Waals surface area contributed by atoms with E-state index in [0.29, 0.717) is 13.1 Å². The number of nitrogens with one attached hydrogen (secondary N) is 2. The minimum atomic E-state index is -0.915. The van der Waals surface area contributed by atoms with Gasteiger partial charge in [-0.25, -0.2) is 0 Å². The normalized spacial score (nSPS) is 16.2. The lowest BCUT2D eigenvalue weighted by molar-refractivity contribution is -0.384. The Kier molecular flexibility index (Phi) is 7.59. The van der Waals surface area contributed by atoms with Crippen molar-refractivity contribution in [1.29, 1.82) is 0 Å². The van der Waals surface area contributed by atoms with Gasteiger partial charge in [0.25, 0.3) is 11.6 Å². The molecule has 1 fully saturated rings. The van der Waals surface area contributed by atoms with Crippen molar-refractivity contribution in [3.8, 4) is 0 Å². The fraction of sp³-hybridized carbons (Fsp3) is 0.444. The molecule has 1 aliphatic heterocycles. The van der Waals surface area contributed by atoms with E-state index in [9.17, 15) is 24.5 Å². The molecule has 1 atom stereocenters. The highest BCUT2D eigenvalue weighted by atomic mass is 32.1. The summed E-state index contributed by atoms with van der Waals surface area (Å²) in [6, 6.07) is 4.28. The van der Waals surface area contributed by atoms with Crippen LogP contribution in [0.25, 0.3) is 0 Å². The summed E-state index contributed by atoms with van der Waals surface area (Å²) in [5.74, 6) is -1.43. The molecule has 1 saturated heterocycles. The number of hydrogen-bond donors (Lipinski definition) is 2. The highest BCUT2D eigenvalue weighted by Gasteiger charge is 2.34. The lowest BCUT2D eigenvalue weighted by Crippen LogP contribution is -2.60. The van der Waals surface area contributed by atoms with Gasteiger partial charge in [0.2, 0.25) is 5.91 Å². The van der Waals surface area contributed by atoms with Crippen molar-refractivity contribution in [3.63, 3.8) is 0 Å². The largest absolute Gasteiger partial charge is 0.465 e. The Morgan fingerprint density at radius 1 is 1.45 bits per heavy atom. The summed E-state index contributed by atoms with van der Waals surface area (Å²) in [5.41, 5.74) is -0.178. The Hall–Kier alpha value is -3.08. The number of nitrogens with zero attached hydrogens (tertiary/aromatic N) is 2. The number of thiocarbonyl (C=S) groups is 1. The predicted octanol–water partition coefficient (Wildman–Crippen LogP) is 0.999. The second-order valence-electron chi connectivity index (χ2n) is 6.85. The molecule has 29 heavy (non-hydrogen) atoms. The maximum atomic E-state index is 12.4. The van der Waals surface area contributed by atoms with E-state index < -0.39 is 28.7 Å². The molecule has 11 heteroatoms. The zero-order chi connectivity index (χ0) is 21.6. The summed E-state index contributed by atoms with van der Waals surface area (Å²) in [7, 11) is 0. The van der Waals surface area contributed by atoms with Gasteiger partial charge in [0.05, 0.1) is 18.0 Å². The maximum absolute atomic E-state index is 12.4. The van der Waals surface area contributed by atoms with Crippen LogP contribution < -0.4 is 10.6 Å². The number of esters is 1. The number of piperazine rings is 1. The summed E-state index contributed by atoms with van der Waals surface area (Å²) in [6.45, 7) is 4.61. The van der Waals surface area contributed by atoms with Crippen LogP contribution in [0.5, 0.6) is 0 Å². The van der Waals surface area contributed by atoms with Crippen molar-refractivity contribution in [1.82, 2.24) is 15.5 Å². The van der Waals surface area contributed by atoms with E-state index >= 15 is 0 Å². The lowest BCUT2D eigenvalue weighted by Gasteiger charge is -2.36. The van der Waals surface area contributed by atoms with Gasteiger partial charge in [0.1, 0.15) is 6.04 Å². The molecule has 1 aromatic carbocycles. The van der Waals surface area contributed by atoms with E-state index in [0.717, 1.165) is 6.07 Å². The van der Waals surface area contributed by atoms with E-state index in [1.807, 2.05) is 13.8 Å². The topological polar surface area (TPSA) is 131 Å². The number of carbonyl (C=O) groups is 3. The van der Waals surface area contributed by atoms with Crippen LogP contribution in [0, 0.1) is 16.0 Å². The van der Waals surface area contributed by atoms with Crippen molar-refractivity contribution in [2.45, 2.75) is 26.3 Å². The van der Waals surface area contributed by atoms with Crippen LogP contribution in [-0.4, -0.2) is 58.5 Å². The van der Waals surface area contributed by atoms with Crippen molar-refractivity contribution in [3.05, 3.63) is 39.9 Å². The van der Waals surface area contributed by atoms with Crippen molar-refractivity contribution in [2.75, 3.05) is 19.7 Å². The van der Waals surface area contributed by atoms with Gasteiger partial charge in [-0.1, -0.05) is 19.9 Å². The summed E-state index contributed by atoms with van der Waals surface area (Å²) < 4.78 is 5.13. The second-order valence-corrected chi connectivity index (χ2v) is 7.23. The smallest absolute Gasteiger partial charge is 0.308 e. The fourth-order valence-electron chi connectivity index (χ4n) is 2.64. The van der Waals surface area contributed by atoms with Crippen molar-refractivity contribution in [2.24, 2.45) is 5.92 Å². The molecule has 0 saturated carbocycles. The molecule has 1 aromatic rings. The van der Waals surface area contributed by atoms with Crippen LogP contribution in [0.3, 0.4) is 0 Å². The quantitative estimate of drug-likeness (QED) is 0.300. The van der Waals surface area contributed by atoms with Gasteiger partial charge in [0.15, 0.2) is 5.11 Å². The van der Waals surface area contributed by atoms with Gasteiger partial charge < -0.3 is 15.0 Å². The first kappa shape index (κ1) is 22.2. The minimum absolute atomic E-state index is 0.0435. The molecule has 1 aliphatic rings. The number of nitro groups is 1. The van der Waals surface area contributed by atoms with E-state index in [-0.39, 0.29) is 35.3 Å². The Labute approximate surface area is 172 Å². The second kappa shape index (κ2) is 9.92. The standard InChI is InChI=1S/C18H22N4O6S/c1-11(2)10-28-15(23)9-14-17(25)19-6-7-21(14)18(29)20-16(24)12-4-3-5-13(8-12)22(26)27/h3-5,8,11,14H,6-7,9-10H2,1-2H3,(H,19,25)(H,20,24,29). The third-order valence-corrected chi connectivity index (χ3v) is 4.41. The highest BCUT2D eigenvalue weighted by Crippen LogP contribution is 2.14. The summed E-state index contributed by atoms with van der Waals surface area (Å²) in [4.78, 5) is 48.4.